The van der Waals surface area contributed by atoms with Gasteiger partial charge in [-0.3, -0.25) is 0 Å². The average Bonchev–Trinajstić information content (AvgIpc) is 2.56. The standard InChI is InChI=1S/C7H8.3C4H9.CH3O.Sn/c1-7-5-3-2-4-6-7;3*1-3-4-2;1-2;/h2-6H,1H3;3*1,3-4H2,2H3;1H3;/q;;;;-1;+1. The van der Waals surface area contributed by atoms with Crippen molar-refractivity contribution in [3.05, 3.63) is 35.9 Å². The summed E-state index contributed by atoms with van der Waals surface area (Å²) in [5.74, 6) is 0. The SMILES string of the molecule is CCC[CH2][Sn]([CH2]CCC)([CH2]CCC)[O]C.Cc1ccccc1. The van der Waals surface area contributed by atoms with E-state index in [1.54, 1.807) is 0 Å². The summed E-state index contributed by atoms with van der Waals surface area (Å²) in [6.07, 6.45) is 8.20. The van der Waals surface area contributed by atoms with Gasteiger partial charge in [-0.05, 0) is 6.92 Å². The number of hydrogen-bond donors (Lipinski definition) is 0. The van der Waals surface area contributed by atoms with Gasteiger partial charge in [0, 0.05) is 0 Å². The van der Waals surface area contributed by atoms with E-state index in [9.17, 15) is 0 Å². The maximum Gasteiger partial charge on any atom is -0.0398 e. The van der Waals surface area contributed by atoms with Gasteiger partial charge in [0.15, 0.2) is 0 Å². The summed E-state index contributed by atoms with van der Waals surface area (Å²) in [6, 6.07) is 10.3. The van der Waals surface area contributed by atoms with Gasteiger partial charge in [0.1, 0.15) is 0 Å². The first-order valence-corrected chi connectivity index (χ1v) is 16.4. The molecule has 0 saturated heterocycles. The molecular formula is C20H38OSn. The van der Waals surface area contributed by atoms with E-state index >= 15 is 0 Å². The Kier molecular flexibility index (Phi) is 14.5. The van der Waals surface area contributed by atoms with Crippen LogP contribution in [0.4, 0.5) is 0 Å². The molecule has 0 aliphatic rings. The van der Waals surface area contributed by atoms with E-state index in [2.05, 4.69) is 39.8 Å². The topological polar surface area (TPSA) is 9.23 Å². The van der Waals surface area contributed by atoms with Crippen molar-refractivity contribution in [3.8, 4) is 0 Å². The van der Waals surface area contributed by atoms with Crippen LogP contribution in [-0.4, -0.2) is 25.9 Å². The molecule has 0 bridgehead atoms. The average molecular weight is 413 g/mol. The third-order valence-corrected chi connectivity index (χ3v) is 17.6. The van der Waals surface area contributed by atoms with Gasteiger partial charge < -0.3 is 0 Å². The summed E-state index contributed by atoms with van der Waals surface area (Å²) >= 11 is -2.12. The summed E-state index contributed by atoms with van der Waals surface area (Å²) in [5, 5.41) is 0. The third kappa shape index (κ3) is 10.7. The molecule has 0 unspecified atom stereocenters. The van der Waals surface area contributed by atoms with E-state index in [1.807, 2.05) is 25.3 Å². The van der Waals surface area contributed by atoms with Crippen LogP contribution in [-0.2, 0) is 3.07 Å². The molecular weight excluding hydrogens is 375 g/mol. The molecule has 0 aromatic heterocycles. The molecule has 0 radical (unpaired) electrons. The van der Waals surface area contributed by atoms with Gasteiger partial charge in [-0.1, -0.05) is 35.9 Å². The van der Waals surface area contributed by atoms with Crippen molar-refractivity contribution < 1.29 is 3.07 Å². The van der Waals surface area contributed by atoms with E-state index in [4.69, 9.17) is 3.07 Å². The van der Waals surface area contributed by atoms with Gasteiger partial charge in [-0.15, -0.1) is 0 Å². The Hall–Kier alpha value is -0.0213. The van der Waals surface area contributed by atoms with Crippen LogP contribution in [0.25, 0.3) is 0 Å². The third-order valence-electron chi connectivity index (χ3n) is 4.33. The largest absolute Gasteiger partial charge is 0.0622 e. The van der Waals surface area contributed by atoms with Gasteiger partial charge in [0.05, 0.1) is 0 Å². The van der Waals surface area contributed by atoms with Crippen LogP contribution in [0.3, 0.4) is 0 Å². The molecule has 1 aromatic carbocycles. The molecule has 0 aliphatic heterocycles. The maximum absolute atomic E-state index is 6.05. The zero-order valence-electron chi connectivity index (χ0n) is 15.7. The monoisotopic (exact) mass is 414 g/mol. The van der Waals surface area contributed by atoms with Crippen LogP contribution in [0, 0.1) is 6.92 Å². The minimum Gasteiger partial charge on any atom is -0.0622 e. The van der Waals surface area contributed by atoms with Gasteiger partial charge in [-0.2, -0.15) is 0 Å². The minimum absolute atomic E-state index is 1.32. The molecule has 1 rings (SSSR count). The zero-order valence-corrected chi connectivity index (χ0v) is 18.5. The van der Waals surface area contributed by atoms with Crippen LogP contribution in [0.15, 0.2) is 30.3 Å². The molecule has 128 valence electrons. The number of aryl methyl sites for hydroxylation is 1. The Morgan fingerprint density at radius 3 is 1.41 bits per heavy atom. The van der Waals surface area contributed by atoms with Gasteiger partial charge in [0.2, 0.25) is 0 Å². The van der Waals surface area contributed by atoms with Crippen molar-refractivity contribution in [3.63, 3.8) is 0 Å². The summed E-state index contributed by atoms with van der Waals surface area (Å²) in [5.41, 5.74) is 1.32. The van der Waals surface area contributed by atoms with Crippen molar-refractivity contribution >= 4 is 18.8 Å². The second-order valence-corrected chi connectivity index (χ2v) is 18.6. The fourth-order valence-electron chi connectivity index (χ4n) is 2.71. The van der Waals surface area contributed by atoms with Crippen LogP contribution >= 0.6 is 0 Å². The molecule has 0 spiro atoms. The Morgan fingerprint density at radius 1 is 0.773 bits per heavy atom. The van der Waals surface area contributed by atoms with E-state index in [0.29, 0.717) is 0 Å². The first-order chi connectivity index (χ1) is 10.6. The van der Waals surface area contributed by atoms with Gasteiger partial charge in [-0.25, -0.2) is 0 Å². The molecule has 0 N–H and O–H groups in total. The van der Waals surface area contributed by atoms with Gasteiger partial charge in [0.25, 0.3) is 0 Å². The van der Waals surface area contributed by atoms with E-state index in [-0.39, 0.29) is 0 Å². The second kappa shape index (κ2) is 14.6. The second-order valence-electron chi connectivity index (χ2n) is 6.35. The summed E-state index contributed by atoms with van der Waals surface area (Å²) in [6.45, 7) is 8.98. The number of unbranched alkanes of at least 4 members (excludes halogenated alkanes) is 3. The first kappa shape index (κ1) is 22.0. The molecule has 1 aromatic rings. The van der Waals surface area contributed by atoms with Crippen molar-refractivity contribution in [2.45, 2.75) is 79.5 Å². The maximum atomic E-state index is 6.05. The number of rotatable bonds is 10. The smallest absolute Gasteiger partial charge is 0.0398 e. The van der Waals surface area contributed by atoms with Gasteiger partial charge >= 0.3 is 102 Å². The zero-order chi connectivity index (χ0) is 16.7. The van der Waals surface area contributed by atoms with E-state index in [0.717, 1.165) is 0 Å². The molecule has 0 heterocycles. The number of benzene rings is 1. The molecule has 0 saturated carbocycles. The number of hydrogen-bond acceptors (Lipinski definition) is 1. The fourth-order valence-corrected chi connectivity index (χ4v) is 15.1. The van der Waals surface area contributed by atoms with Crippen molar-refractivity contribution in [1.29, 1.82) is 0 Å². The van der Waals surface area contributed by atoms with E-state index < -0.39 is 18.8 Å². The predicted molar refractivity (Wildman–Crippen MR) is 103 cm³/mol. The van der Waals surface area contributed by atoms with Crippen LogP contribution < -0.4 is 0 Å². The molecule has 0 atom stereocenters. The first-order valence-electron chi connectivity index (χ1n) is 9.21. The van der Waals surface area contributed by atoms with E-state index in [1.165, 1.54) is 57.4 Å². The summed E-state index contributed by atoms with van der Waals surface area (Å²) in [4.78, 5) is 0. The predicted octanol–water partition coefficient (Wildman–Crippen LogP) is 6.97. The molecule has 2 heteroatoms. The Labute approximate surface area is 144 Å². The quantitative estimate of drug-likeness (QED) is 0.376. The van der Waals surface area contributed by atoms with Crippen LogP contribution in [0.2, 0.25) is 13.3 Å². The van der Waals surface area contributed by atoms with Crippen LogP contribution in [0.1, 0.15) is 64.9 Å². The molecule has 1 nitrogen and oxygen atoms in total. The Balaban J connectivity index is 0.000000518. The molecule has 0 fully saturated rings. The van der Waals surface area contributed by atoms with Crippen molar-refractivity contribution in [2.75, 3.05) is 7.11 Å². The molecule has 0 amide bonds. The normalized spacial score (nSPS) is 11.0. The molecule has 22 heavy (non-hydrogen) atoms. The minimum atomic E-state index is -2.12. The van der Waals surface area contributed by atoms with Crippen LogP contribution in [0.5, 0.6) is 0 Å². The fraction of sp³-hybridized carbons (Fsp3) is 0.700. The van der Waals surface area contributed by atoms with Crippen molar-refractivity contribution in [1.82, 2.24) is 0 Å². The summed E-state index contributed by atoms with van der Waals surface area (Å²) in [7, 11) is 2.00. The summed E-state index contributed by atoms with van der Waals surface area (Å²) < 4.78 is 10.4. The Bertz CT molecular complexity index is 315. The molecule has 0 aliphatic carbocycles. The van der Waals surface area contributed by atoms with Crippen molar-refractivity contribution in [2.24, 2.45) is 0 Å². The Morgan fingerprint density at radius 2 is 1.18 bits per heavy atom.